The zero-order valence-electron chi connectivity index (χ0n) is 11.7. The highest BCUT2D eigenvalue weighted by Crippen LogP contribution is 2.30. The minimum absolute atomic E-state index is 0.257. The number of nitrogens with zero attached hydrogens (tertiary/aromatic N) is 1. The largest absolute Gasteiger partial charge is 0.450 e. The van der Waals surface area contributed by atoms with Gasteiger partial charge in [-0.05, 0) is 32.1 Å². The standard InChI is InChI=1S/C14H26N2O2/c1-3-11-8-12(15-14(17)18-4-2)10-16(9-11)13-6-5-7-13/h11-13H,3-10H2,1-2H3,(H,15,17). The molecular formula is C14H26N2O2. The number of carbonyl (C=O) groups excluding carboxylic acids is 1. The van der Waals surface area contributed by atoms with Crippen molar-refractivity contribution in [2.75, 3.05) is 19.7 Å². The van der Waals surface area contributed by atoms with Crippen molar-refractivity contribution in [1.82, 2.24) is 10.2 Å². The lowest BCUT2D eigenvalue weighted by Crippen LogP contribution is -2.55. The molecule has 1 saturated heterocycles. The first-order valence-electron chi connectivity index (χ1n) is 7.40. The molecule has 1 N–H and O–H groups in total. The lowest BCUT2D eigenvalue weighted by molar-refractivity contribution is 0.0551. The molecule has 1 heterocycles. The second kappa shape index (κ2) is 6.41. The van der Waals surface area contributed by atoms with Gasteiger partial charge in [-0.3, -0.25) is 4.90 Å². The summed E-state index contributed by atoms with van der Waals surface area (Å²) in [6.07, 6.45) is 6.08. The van der Waals surface area contributed by atoms with Crippen molar-refractivity contribution in [3.05, 3.63) is 0 Å². The fraction of sp³-hybridized carbons (Fsp3) is 0.929. The zero-order valence-corrected chi connectivity index (χ0v) is 11.7. The highest BCUT2D eigenvalue weighted by molar-refractivity contribution is 5.67. The summed E-state index contributed by atoms with van der Waals surface area (Å²) in [6.45, 7) is 6.75. The van der Waals surface area contributed by atoms with E-state index in [4.69, 9.17) is 4.74 Å². The molecule has 0 aromatic carbocycles. The van der Waals surface area contributed by atoms with E-state index >= 15 is 0 Å². The molecule has 2 unspecified atom stereocenters. The molecule has 4 heteroatoms. The van der Waals surface area contributed by atoms with Crippen LogP contribution in [0.3, 0.4) is 0 Å². The average Bonchev–Trinajstić information content (AvgIpc) is 2.26. The minimum atomic E-state index is -0.257. The van der Waals surface area contributed by atoms with Gasteiger partial charge in [0.15, 0.2) is 0 Å². The Labute approximate surface area is 110 Å². The smallest absolute Gasteiger partial charge is 0.407 e. The van der Waals surface area contributed by atoms with Gasteiger partial charge >= 0.3 is 6.09 Å². The minimum Gasteiger partial charge on any atom is -0.450 e. The van der Waals surface area contributed by atoms with E-state index in [0.29, 0.717) is 12.5 Å². The van der Waals surface area contributed by atoms with Gasteiger partial charge in [-0.2, -0.15) is 0 Å². The number of amides is 1. The van der Waals surface area contributed by atoms with Crippen LogP contribution in [-0.2, 0) is 4.74 Å². The maximum absolute atomic E-state index is 11.5. The molecule has 18 heavy (non-hydrogen) atoms. The van der Waals surface area contributed by atoms with Gasteiger partial charge in [0.2, 0.25) is 0 Å². The van der Waals surface area contributed by atoms with Gasteiger partial charge in [0.1, 0.15) is 0 Å². The van der Waals surface area contributed by atoms with E-state index in [2.05, 4.69) is 17.1 Å². The molecule has 0 aromatic heterocycles. The van der Waals surface area contributed by atoms with Crippen molar-refractivity contribution in [2.45, 2.75) is 58.0 Å². The Bertz CT molecular complexity index is 279. The highest BCUT2D eigenvalue weighted by atomic mass is 16.5. The van der Waals surface area contributed by atoms with Crippen molar-refractivity contribution in [3.63, 3.8) is 0 Å². The SMILES string of the molecule is CCOC(=O)NC1CC(CC)CN(C2CCC2)C1. The van der Waals surface area contributed by atoms with Gasteiger partial charge in [-0.1, -0.05) is 19.8 Å². The highest BCUT2D eigenvalue weighted by Gasteiger charge is 2.33. The summed E-state index contributed by atoms with van der Waals surface area (Å²) in [6, 6.07) is 1.04. The van der Waals surface area contributed by atoms with Gasteiger partial charge in [0.05, 0.1) is 6.61 Å². The van der Waals surface area contributed by atoms with Gasteiger partial charge in [0.25, 0.3) is 0 Å². The second-order valence-corrected chi connectivity index (χ2v) is 5.61. The van der Waals surface area contributed by atoms with Crippen LogP contribution in [0.5, 0.6) is 0 Å². The molecule has 4 nitrogen and oxygen atoms in total. The summed E-state index contributed by atoms with van der Waals surface area (Å²) >= 11 is 0. The van der Waals surface area contributed by atoms with Gasteiger partial charge < -0.3 is 10.1 Å². The van der Waals surface area contributed by atoms with Crippen molar-refractivity contribution in [2.24, 2.45) is 5.92 Å². The molecule has 0 aromatic rings. The summed E-state index contributed by atoms with van der Waals surface area (Å²) in [4.78, 5) is 14.1. The fourth-order valence-corrected chi connectivity index (χ4v) is 3.03. The molecule has 0 bridgehead atoms. The number of nitrogens with one attached hydrogen (secondary N) is 1. The third kappa shape index (κ3) is 3.37. The number of piperidine rings is 1. The van der Waals surface area contributed by atoms with Crippen molar-refractivity contribution in [3.8, 4) is 0 Å². The van der Waals surface area contributed by atoms with Crippen LogP contribution in [0.4, 0.5) is 4.79 Å². The van der Waals surface area contributed by atoms with E-state index in [9.17, 15) is 4.79 Å². The Balaban J connectivity index is 1.86. The third-order valence-electron chi connectivity index (χ3n) is 4.33. The fourth-order valence-electron chi connectivity index (χ4n) is 3.03. The maximum atomic E-state index is 11.5. The van der Waals surface area contributed by atoms with Crippen LogP contribution in [0, 0.1) is 5.92 Å². The summed E-state index contributed by atoms with van der Waals surface area (Å²) in [5.74, 6) is 0.714. The molecule has 2 rings (SSSR count). The van der Waals surface area contributed by atoms with Crippen LogP contribution in [0.2, 0.25) is 0 Å². The molecule has 2 atom stereocenters. The van der Waals surface area contributed by atoms with Gasteiger partial charge in [-0.15, -0.1) is 0 Å². The summed E-state index contributed by atoms with van der Waals surface area (Å²) < 4.78 is 4.98. The van der Waals surface area contributed by atoms with Gasteiger partial charge in [0, 0.05) is 25.2 Å². The topological polar surface area (TPSA) is 41.6 Å². The van der Waals surface area contributed by atoms with Crippen LogP contribution in [0.25, 0.3) is 0 Å². The van der Waals surface area contributed by atoms with Crippen LogP contribution in [-0.4, -0.2) is 42.8 Å². The Hall–Kier alpha value is -0.770. The van der Waals surface area contributed by atoms with E-state index in [0.717, 1.165) is 19.0 Å². The van der Waals surface area contributed by atoms with Crippen molar-refractivity contribution < 1.29 is 9.53 Å². The summed E-state index contributed by atoms with van der Waals surface area (Å²) in [7, 11) is 0. The second-order valence-electron chi connectivity index (χ2n) is 5.61. The molecule has 104 valence electrons. The Morgan fingerprint density at radius 3 is 2.67 bits per heavy atom. The third-order valence-corrected chi connectivity index (χ3v) is 4.33. The summed E-state index contributed by atoms with van der Waals surface area (Å²) in [5.41, 5.74) is 0. The molecule has 0 radical (unpaired) electrons. The first kappa shape index (κ1) is 13.7. The number of hydrogen-bond donors (Lipinski definition) is 1. The lowest BCUT2D eigenvalue weighted by Gasteiger charge is -2.45. The van der Waals surface area contributed by atoms with Crippen molar-refractivity contribution in [1.29, 1.82) is 0 Å². The van der Waals surface area contributed by atoms with Crippen LogP contribution >= 0.6 is 0 Å². The van der Waals surface area contributed by atoms with E-state index in [1.165, 1.54) is 32.2 Å². The lowest BCUT2D eigenvalue weighted by atomic mass is 9.85. The predicted molar refractivity (Wildman–Crippen MR) is 71.6 cm³/mol. The van der Waals surface area contributed by atoms with Crippen LogP contribution in [0.1, 0.15) is 46.0 Å². The molecular weight excluding hydrogens is 228 g/mol. The Kier molecular flexibility index (Phi) is 4.87. The van der Waals surface area contributed by atoms with E-state index in [-0.39, 0.29) is 12.1 Å². The van der Waals surface area contributed by atoms with E-state index < -0.39 is 0 Å². The predicted octanol–water partition coefficient (Wildman–Crippen LogP) is 2.39. The maximum Gasteiger partial charge on any atom is 0.407 e. The number of rotatable bonds is 4. The van der Waals surface area contributed by atoms with E-state index in [1.807, 2.05) is 6.92 Å². The normalized spacial score (nSPS) is 29.7. The number of alkyl carbamates (subject to hydrolysis) is 1. The monoisotopic (exact) mass is 254 g/mol. The molecule has 2 aliphatic rings. The molecule has 0 spiro atoms. The average molecular weight is 254 g/mol. The molecule has 1 aliphatic heterocycles. The number of ether oxygens (including phenoxy) is 1. The first-order valence-corrected chi connectivity index (χ1v) is 7.40. The van der Waals surface area contributed by atoms with Crippen molar-refractivity contribution >= 4 is 6.09 Å². The number of likely N-dealkylation sites (tertiary alicyclic amines) is 1. The first-order chi connectivity index (χ1) is 8.72. The number of hydrogen-bond acceptors (Lipinski definition) is 3. The summed E-state index contributed by atoms with van der Waals surface area (Å²) in [5, 5.41) is 3.01. The quantitative estimate of drug-likeness (QED) is 0.837. The molecule has 1 saturated carbocycles. The van der Waals surface area contributed by atoms with Crippen LogP contribution in [0.15, 0.2) is 0 Å². The van der Waals surface area contributed by atoms with Gasteiger partial charge in [-0.25, -0.2) is 4.79 Å². The number of carbonyl (C=O) groups is 1. The molecule has 2 fully saturated rings. The Morgan fingerprint density at radius 2 is 2.11 bits per heavy atom. The molecule has 1 amide bonds. The zero-order chi connectivity index (χ0) is 13.0. The van der Waals surface area contributed by atoms with Crippen LogP contribution < -0.4 is 5.32 Å². The van der Waals surface area contributed by atoms with E-state index in [1.54, 1.807) is 0 Å². The Morgan fingerprint density at radius 1 is 1.33 bits per heavy atom. The molecule has 1 aliphatic carbocycles.